The van der Waals surface area contributed by atoms with Crippen molar-refractivity contribution in [3.63, 3.8) is 0 Å². The summed E-state index contributed by atoms with van der Waals surface area (Å²) in [6.07, 6.45) is 6.66. The fourth-order valence-electron chi connectivity index (χ4n) is 2.74. The van der Waals surface area contributed by atoms with Crippen LogP contribution in [0.3, 0.4) is 0 Å². The molecule has 1 N–H and O–H groups in total. The summed E-state index contributed by atoms with van der Waals surface area (Å²) in [5, 5.41) is 8.97. The molecule has 0 aromatic heterocycles. The molecular formula is C17H24O3. The fraction of sp³-hybridized carbons (Fsp3) is 0.588. The summed E-state index contributed by atoms with van der Waals surface area (Å²) in [4.78, 5) is 10.9. The van der Waals surface area contributed by atoms with Crippen LogP contribution in [0.4, 0.5) is 0 Å². The van der Waals surface area contributed by atoms with Crippen molar-refractivity contribution in [2.24, 2.45) is 5.92 Å². The largest absolute Gasteiger partial charge is 0.481 e. The van der Waals surface area contributed by atoms with Gasteiger partial charge in [-0.25, -0.2) is 0 Å². The first kappa shape index (κ1) is 15.0. The Bertz CT molecular complexity index is 418. The Morgan fingerprint density at radius 3 is 2.50 bits per heavy atom. The minimum absolute atomic E-state index is 0.452. The van der Waals surface area contributed by atoms with Gasteiger partial charge in [0.05, 0.1) is 12.5 Å². The lowest BCUT2D eigenvalue weighted by Crippen LogP contribution is -2.13. The molecule has 1 fully saturated rings. The highest BCUT2D eigenvalue weighted by atomic mass is 16.5. The van der Waals surface area contributed by atoms with Crippen molar-refractivity contribution < 1.29 is 14.6 Å². The van der Waals surface area contributed by atoms with Gasteiger partial charge in [0.15, 0.2) is 0 Å². The summed E-state index contributed by atoms with van der Waals surface area (Å²) >= 11 is 0. The van der Waals surface area contributed by atoms with Crippen molar-refractivity contribution in [3.8, 4) is 0 Å². The number of ether oxygens (including phenoxy) is 1. The van der Waals surface area contributed by atoms with E-state index < -0.39 is 11.9 Å². The molecule has 1 aliphatic rings. The number of benzene rings is 1. The quantitative estimate of drug-likeness (QED) is 0.855. The number of carbonyl (C=O) groups is 1. The molecular weight excluding hydrogens is 252 g/mol. The van der Waals surface area contributed by atoms with E-state index >= 15 is 0 Å². The van der Waals surface area contributed by atoms with Crippen LogP contribution in [0.15, 0.2) is 24.3 Å². The maximum Gasteiger partial charge on any atom is 0.310 e. The van der Waals surface area contributed by atoms with E-state index in [4.69, 9.17) is 9.84 Å². The van der Waals surface area contributed by atoms with Gasteiger partial charge in [0.2, 0.25) is 0 Å². The highest BCUT2D eigenvalue weighted by Crippen LogP contribution is 2.24. The Morgan fingerprint density at radius 1 is 1.25 bits per heavy atom. The number of aliphatic carboxylic acids is 1. The minimum Gasteiger partial charge on any atom is -0.481 e. The van der Waals surface area contributed by atoms with Gasteiger partial charge in [-0.3, -0.25) is 4.79 Å². The first-order valence-electron chi connectivity index (χ1n) is 7.56. The van der Waals surface area contributed by atoms with Gasteiger partial charge in [-0.2, -0.15) is 0 Å². The predicted molar refractivity (Wildman–Crippen MR) is 78.7 cm³/mol. The molecule has 1 aromatic carbocycles. The molecule has 0 bridgehead atoms. The van der Waals surface area contributed by atoms with Gasteiger partial charge in [0.25, 0.3) is 0 Å². The van der Waals surface area contributed by atoms with Gasteiger partial charge in [0.1, 0.15) is 0 Å². The summed E-state index contributed by atoms with van der Waals surface area (Å²) in [5.74, 6) is -0.506. The van der Waals surface area contributed by atoms with Crippen LogP contribution in [-0.4, -0.2) is 17.7 Å². The second-order valence-electron chi connectivity index (χ2n) is 5.82. The van der Waals surface area contributed by atoms with Crippen LogP contribution in [0, 0.1) is 5.92 Å². The van der Waals surface area contributed by atoms with Gasteiger partial charge in [-0.1, -0.05) is 43.5 Å². The van der Waals surface area contributed by atoms with Gasteiger partial charge in [-0.05, 0) is 36.8 Å². The van der Waals surface area contributed by atoms with Crippen LogP contribution in [0.25, 0.3) is 0 Å². The Kier molecular flexibility index (Phi) is 5.60. The molecule has 0 saturated heterocycles. The van der Waals surface area contributed by atoms with Crippen LogP contribution in [0.2, 0.25) is 0 Å². The molecule has 20 heavy (non-hydrogen) atoms. The average molecular weight is 276 g/mol. The number of carboxylic acids is 1. The van der Waals surface area contributed by atoms with Crippen molar-refractivity contribution in [1.82, 2.24) is 0 Å². The molecule has 3 nitrogen and oxygen atoms in total. The maximum absolute atomic E-state index is 10.9. The van der Waals surface area contributed by atoms with Crippen LogP contribution in [-0.2, 0) is 16.1 Å². The van der Waals surface area contributed by atoms with Crippen molar-refractivity contribution >= 4 is 5.97 Å². The van der Waals surface area contributed by atoms with E-state index in [9.17, 15) is 4.79 Å². The molecule has 0 heterocycles. The van der Waals surface area contributed by atoms with E-state index in [0.717, 1.165) is 23.7 Å². The molecule has 0 aliphatic heterocycles. The summed E-state index contributed by atoms with van der Waals surface area (Å²) in [6, 6.07) is 7.71. The molecule has 0 spiro atoms. The third-order valence-corrected chi connectivity index (χ3v) is 4.20. The van der Waals surface area contributed by atoms with Gasteiger partial charge in [0, 0.05) is 6.61 Å². The van der Waals surface area contributed by atoms with E-state index in [-0.39, 0.29) is 0 Å². The van der Waals surface area contributed by atoms with E-state index in [1.165, 1.54) is 32.1 Å². The first-order valence-corrected chi connectivity index (χ1v) is 7.56. The Balaban J connectivity index is 1.77. The number of rotatable bonds is 6. The first-order chi connectivity index (χ1) is 9.66. The third kappa shape index (κ3) is 4.34. The topological polar surface area (TPSA) is 46.5 Å². The lowest BCUT2D eigenvalue weighted by molar-refractivity contribution is -0.138. The zero-order chi connectivity index (χ0) is 14.4. The Labute approximate surface area is 121 Å². The number of carboxylic acid groups (broad SMARTS) is 1. The highest BCUT2D eigenvalue weighted by molar-refractivity contribution is 5.75. The zero-order valence-electron chi connectivity index (χ0n) is 12.2. The standard InChI is InChI=1S/C17H24O3/c1-13(17(18)19)16-9-7-15(8-10-16)12-20-11-14-5-3-2-4-6-14/h7-10,13-14H,2-6,11-12H2,1H3,(H,18,19). The van der Waals surface area contributed by atoms with E-state index in [2.05, 4.69) is 0 Å². The molecule has 2 rings (SSSR count). The van der Waals surface area contributed by atoms with Crippen LogP contribution >= 0.6 is 0 Å². The van der Waals surface area contributed by atoms with E-state index in [0.29, 0.717) is 6.61 Å². The van der Waals surface area contributed by atoms with Crippen molar-refractivity contribution in [2.45, 2.75) is 51.6 Å². The predicted octanol–water partition coefficient (Wildman–Crippen LogP) is 3.97. The molecule has 3 heteroatoms. The van der Waals surface area contributed by atoms with Crippen LogP contribution in [0.5, 0.6) is 0 Å². The summed E-state index contributed by atoms with van der Waals surface area (Å²) in [5.41, 5.74) is 1.95. The van der Waals surface area contributed by atoms with Crippen molar-refractivity contribution in [3.05, 3.63) is 35.4 Å². The van der Waals surface area contributed by atoms with Gasteiger partial charge >= 0.3 is 5.97 Å². The number of hydrogen-bond acceptors (Lipinski definition) is 2. The lowest BCUT2D eigenvalue weighted by atomic mass is 9.90. The van der Waals surface area contributed by atoms with Crippen molar-refractivity contribution in [2.75, 3.05) is 6.61 Å². The summed E-state index contributed by atoms with van der Waals surface area (Å²) < 4.78 is 5.79. The third-order valence-electron chi connectivity index (χ3n) is 4.20. The summed E-state index contributed by atoms with van der Waals surface area (Å²) in [6.45, 7) is 3.18. The molecule has 1 aromatic rings. The van der Waals surface area contributed by atoms with Crippen LogP contribution in [0.1, 0.15) is 56.1 Å². The number of hydrogen-bond donors (Lipinski definition) is 1. The van der Waals surface area contributed by atoms with E-state index in [1.807, 2.05) is 24.3 Å². The van der Waals surface area contributed by atoms with Crippen LogP contribution < -0.4 is 0 Å². The monoisotopic (exact) mass is 276 g/mol. The Hall–Kier alpha value is -1.35. The molecule has 1 aliphatic carbocycles. The normalized spacial score (nSPS) is 17.9. The molecule has 0 amide bonds. The Morgan fingerprint density at radius 2 is 1.90 bits per heavy atom. The van der Waals surface area contributed by atoms with Gasteiger partial charge in [-0.15, -0.1) is 0 Å². The lowest BCUT2D eigenvalue weighted by Gasteiger charge is -2.21. The van der Waals surface area contributed by atoms with Gasteiger partial charge < -0.3 is 9.84 Å². The molecule has 1 unspecified atom stereocenters. The smallest absolute Gasteiger partial charge is 0.310 e. The minimum atomic E-state index is -0.786. The molecule has 110 valence electrons. The van der Waals surface area contributed by atoms with Crippen molar-refractivity contribution in [1.29, 1.82) is 0 Å². The maximum atomic E-state index is 10.9. The molecule has 1 atom stereocenters. The molecule has 1 saturated carbocycles. The zero-order valence-corrected chi connectivity index (χ0v) is 12.2. The second-order valence-corrected chi connectivity index (χ2v) is 5.82. The second kappa shape index (κ2) is 7.44. The highest BCUT2D eigenvalue weighted by Gasteiger charge is 2.14. The SMILES string of the molecule is CC(C(=O)O)c1ccc(COCC2CCCCC2)cc1. The fourth-order valence-corrected chi connectivity index (χ4v) is 2.74. The molecule has 0 radical (unpaired) electrons. The summed E-state index contributed by atoms with van der Waals surface area (Å²) in [7, 11) is 0. The average Bonchev–Trinajstić information content (AvgIpc) is 2.48. The van der Waals surface area contributed by atoms with E-state index in [1.54, 1.807) is 6.92 Å².